The average molecular weight is 212 g/mol. The van der Waals surface area contributed by atoms with E-state index in [1.807, 2.05) is 25.1 Å². The van der Waals surface area contributed by atoms with Crippen LogP contribution in [0.25, 0.3) is 11.0 Å². The van der Waals surface area contributed by atoms with E-state index in [1.165, 1.54) is 0 Å². The van der Waals surface area contributed by atoms with E-state index in [1.54, 1.807) is 6.20 Å². The lowest BCUT2D eigenvalue weighted by Crippen LogP contribution is -2.06. The van der Waals surface area contributed by atoms with Crippen molar-refractivity contribution in [3.05, 3.63) is 35.7 Å². The van der Waals surface area contributed by atoms with Crippen LogP contribution in [0, 0.1) is 19.3 Å². The molecule has 0 bridgehead atoms. The number of terminal acetylenes is 1. The molecular formula is C13H12N2O. The molecule has 1 unspecified atom stereocenters. The predicted molar refractivity (Wildman–Crippen MR) is 62.8 cm³/mol. The summed E-state index contributed by atoms with van der Waals surface area (Å²) >= 11 is 0. The highest BCUT2D eigenvalue weighted by Gasteiger charge is 2.03. The highest BCUT2D eigenvalue weighted by Crippen LogP contribution is 2.13. The van der Waals surface area contributed by atoms with Gasteiger partial charge in [-0.15, -0.1) is 6.42 Å². The number of benzene rings is 1. The fraction of sp³-hybridized carbons (Fsp3) is 0.231. The van der Waals surface area contributed by atoms with E-state index in [0.29, 0.717) is 6.42 Å². The van der Waals surface area contributed by atoms with Crippen LogP contribution in [-0.2, 0) is 6.42 Å². The molecule has 1 aromatic carbocycles. The van der Waals surface area contributed by atoms with E-state index >= 15 is 0 Å². The Hall–Kier alpha value is -1.92. The average Bonchev–Trinajstić information content (AvgIpc) is 2.29. The third-order valence-electron chi connectivity index (χ3n) is 2.35. The Morgan fingerprint density at radius 1 is 1.44 bits per heavy atom. The fourth-order valence-electron chi connectivity index (χ4n) is 1.56. The molecule has 1 aromatic heterocycles. The summed E-state index contributed by atoms with van der Waals surface area (Å²) in [7, 11) is 0. The van der Waals surface area contributed by atoms with E-state index in [4.69, 9.17) is 6.42 Å². The Morgan fingerprint density at radius 2 is 2.25 bits per heavy atom. The van der Waals surface area contributed by atoms with Gasteiger partial charge < -0.3 is 5.11 Å². The topological polar surface area (TPSA) is 46.0 Å². The van der Waals surface area contributed by atoms with Crippen LogP contribution in [0.5, 0.6) is 0 Å². The number of fused-ring (bicyclic) bond motifs is 1. The van der Waals surface area contributed by atoms with Crippen LogP contribution in [0.4, 0.5) is 0 Å². The van der Waals surface area contributed by atoms with E-state index < -0.39 is 6.10 Å². The van der Waals surface area contributed by atoms with Gasteiger partial charge >= 0.3 is 0 Å². The minimum Gasteiger partial charge on any atom is -0.380 e. The molecule has 1 heterocycles. The smallest absolute Gasteiger partial charge is 0.118 e. The molecule has 3 nitrogen and oxygen atoms in total. The summed E-state index contributed by atoms with van der Waals surface area (Å²) in [5, 5.41) is 9.36. The van der Waals surface area contributed by atoms with Crippen molar-refractivity contribution in [3.63, 3.8) is 0 Å². The standard InChI is InChI=1S/C13H12N2O/c1-3-11(16)6-10-4-5-12-13(7-10)14-8-9(2)15-12/h1,4-5,7-8,11,16H,6H2,2H3. The van der Waals surface area contributed by atoms with Gasteiger partial charge in [0.15, 0.2) is 0 Å². The first-order valence-electron chi connectivity index (χ1n) is 5.05. The maximum Gasteiger partial charge on any atom is 0.118 e. The zero-order valence-corrected chi connectivity index (χ0v) is 9.01. The minimum atomic E-state index is -0.740. The summed E-state index contributed by atoms with van der Waals surface area (Å²) < 4.78 is 0. The first-order chi connectivity index (χ1) is 7.69. The minimum absolute atomic E-state index is 0.446. The van der Waals surface area contributed by atoms with Crippen LogP contribution in [0.2, 0.25) is 0 Å². The molecule has 0 spiro atoms. The SMILES string of the molecule is C#CC(O)Cc1ccc2nc(C)cnc2c1. The number of aromatic nitrogens is 2. The zero-order chi connectivity index (χ0) is 11.5. The van der Waals surface area contributed by atoms with Crippen LogP contribution in [0.15, 0.2) is 24.4 Å². The summed E-state index contributed by atoms with van der Waals surface area (Å²) in [6.07, 6.45) is 6.56. The molecule has 0 saturated carbocycles. The van der Waals surface area contributed by atoms with Gasteiger partial charge in [0.1, 0.15) is 6.10 Å². The van der Waals surface area contributed by atoms with E-state index in [9.17, 15) is 5.11 Å². The van der Waals surface area contributed by atoms with Gasteiger partial charge in [-0.2, -0.15) is 0 Å². The van der Waals surface area contributed by atoms with E-state index in [2.05, 4.69) is 15.9 Å². The first kappa shape index (κ1) is 10.6. The van der Waals surface area contributed by atoms with E-state index in [0.717, 1.165) is 22.3 Å². The van der Waals surface area contributed by atoms with Crippen LogP contribution in [-0.4, -0.2) is 21.2 Å². The summed E-state index contributed by atoms with van der Waals surface area (Å²) in [6, 6.07) is 5.72. The molecule has 0 fully saturated rings. The quantitative estimate of drug-likeness (QED) is 0.767. The maximum absolute atomic E-state index is 9.36. The number of hydrogen-bond donors (Lipinski definition) is 1. The largest absolute Gasteiger partial charge is 0.380 e. The molecule has 0 amide bonds. The molecule has 3 heteroatoms. The first-order valence-corrected chi connectivity index (χ1v) is 5.05. The number of aryl methyl sites for hydroxylation is 1. The number of hydrogen-bond acceptors (Lipinski definition) is 3. The van der Waals surface area contributed by atoms with Crippen molar-refractivity contribution < 1.29 is 5.11 Å². The number of aliphatic hydroxyl groups is 1. The molecular weight excluding hydrogens is 200 g/mol. The Bertz CT molecular complexity index is 557. The van der Waals surface area contributed by atoms with Crippen LogP contribution in [0.1, 0.15) is 11.3 Å². The van der Waals surface area contributed by atoms with Gasteiger partial charge in [0.2, 0.25) is 0 Å². The third-order valence-corrected chi connectivity index (χ3v) is 2.35. The molecule has 0 aliphatic heterocycles. The van der Waals surface area contributed by atoms with Gasteiger partial charge in [-0.05, 0) is 24.6 Å². The van der Waals surface area contributed by atoms with Gasteiger partial charge in [0.05, 0.1) is 16.7 Å². The Labute approximate surface area is 94.2 Å². The molecule has 2 rings (SSSR count). The normalized spacial score (nSPS) is 12.3. The monoisotopic (exact) mass is 212 g/mol. The van der Waals surface area contributed by atoms with Gasteiger partial charge in [0.25, 0.3) is 0 Å². The molecule has 2 aromatic rings. The fourth-order valence-corrected chi connectivity index (χ4v) is 1.56. The molecule has 1 atom stereocenters. The van der Waals surface area contributed by atoms with Crippen molar-refractivity contribution in [1.29, 1.82) is 0 Å². The second kappa shape index (κ2) is 4.30. The lowest BCUT2D eigenvalue weighted by atomic mass is 10.1. The number of aliphatic hydroxyl groups excluding tert-OH is 1. The van der Waals surface area contributed by atoms with Crippen molar-refractivity contribution in [1.82, 2.24) is 9.97 Å². The van der Waals surface area contributed by atoms with Gasteiger partial charge in [-0.1, -0.05) is 12.0 Å². The van der Waals surface area contributed by atoms with Crippen LogP contribution >= 0.6 is 0 Å². The molecule has 0 saturated heterocycles. The van der Waals surface area contributed by atoms with Crippen LogP contribution < -0.4 is 0 Å². The Balaban J connectivity index is 2.38. The second-order valence-corrected chi connectivity index (χ2v) is 3.72. The summed E-state index contributed by atoms with van der Waals surface area (Å²) in [4.78, 5) is 8.63. The van der Waals surface area contributed by atoms with Gasteiger partial charge in [-0.25, -0.2) is 4.98 Å². The number of rotatable bonds is 2. The molecule has 16 heavy (non-hydrogen) atoms. The van der Waals surface area contributed by atoms with Gasteiger partial charge in [0, 0.05) is 12.6 Å². The zero-order valence-electron chi connectivity index (χ0n) is 9.01. The van der Waals surface area contributed by atoms with Crippen molar-refractivity contribution in [2.75, 3.05) is 0 Å². The Kier molecular flexibility index (Phi) is 2.84. The summed E-state index contributed by atoms with van der Waals surface area (Å²) in [5.74, 6) is 2.29. The lowest BCUT2D eigenvalue weighted by Gasteiger charge is -2.05. The third kappa shape index (κ3) is 2.18. The number of nitrogens with zero attached hydrogens (tertiary/aromatic N) is 2. The van der Waals surface area contributed by atoms with Crippen molar-refractivity contribution in [2.45, 2.75) is 19.4 Å². The molecule has 0 aliphatic rings. The highest BCUT2D eigenvalue weighted by atomic mass is 16.3. The van der Waals surface area contributed by atoms with Crippen molar-refractivity contribution in [2.24, 2.45) is 0 Å². The van der Waals surface area contributed by atoms with Crippen molar-refractivity contribution >= 4 is 11.0 Å². The van der Waals surface area contributed by atoms with Gasteiger partial charge in [-0.3, -0.25) is 4.98 Å². The van der Waals surface area contributed by atoms with E-state index in [-0.39, 0.29) is 0 Å². The van der Waals surface area contributed by atoms with Crippen molar-refractivity contribution in [3.8, 4) is 12.3 Å². The summed E-state index contributed by atoms with van der Waals surface area (Å²) in [5.41, 5.74) is 3.55. The van der Waals surface area contributed by atoms with Crippen LogP contribution in [0.3, 0.4) is 0 Å². The maximum atomic E-state index is 9.36. The highest BCUT2D eigenvalue weighted by molar-refractivity contribution is 5.74. The molecule has 80 valence electrons. The molecule has 0 radical (unpaired) electrons. The lowest BCUT2D eigenvalue weighted by molar-refractivity contribution is 0.233. The predicted octanol–water partition coefficient (Wildman–Crippen LogP) is 1.47. The molecule has 0 aliphatic carbocycles. The molecule has 1 N–H and O–H groups in total. The summed E-state index contributed by atoms with van der Waals surface area (Å²) in [6.45, 7) is 1.91. The Morgan fingerprint density at radius 3 is 3.00 bits per heavy atom. The second-order valence-electron chi connectivity index (χ2n) is 3.72.